The fraction of sp³-hybridized carbons (Fsp3) is 0.500. The number of cyclic esters (lactones) is 1. The second-order valence-electron chi connectivity index (χ2n) is 11.8. The number of hydrogen-bond donors (Lipinski definition) is 0. The first-order valence-corrected chi connectivity index (χ1v) is 19.7. The van der Waals surface area contributed by atoms with Crippen molar-refractivity contribution in [3.05, 3.63) is 69.8 Å². The van der Waals surface area contributed by atoms with Crippen molar-refractivity contribution in [3.8, 4) is 11.5 Å². The average Bonchev–Trinajstić information content (AvgIpc) is 3.33. The summed E-state index contributed by atoms with van der Waals surface area (Å²) in [7, 11) is -3.49. The van der Waals surface area contributed by atoms with Gasteiger partial charge in [-0.1, -0.05) is 50.8 Å². The molecule has 10 heteroatoms. The second-order valence-corrected chi connectivity index (χ2v) is 18.8. The number of carbonyl (C=O) groups excluding carboxylic acids is 2. The van der Waals surface area contributed by atoms with Crippen LogP contribution in [-0.4, -0.2) is 50.3 Å². The summed E-state index contributed by atoms with van der Waals surface area (Å²) in [5.41, 5.74) is 5.49. The zero-order valence-corrected chi connectivity index (χ0v) is 28.1. The van der Waals surface area contributed by atoms with E-state index in [2.05, 4.69) is 26.6 Å². The number of fused-ring (bicyclic) bond motifs is 1. The molecule has 2 aromatic carbocycles. The highest BCUT2D eigenvalue weighted by atomic mass is 31.1. The van der Waals surface area contributed by atoms with Gasteiger partial charge in [0.1, 0.15) is 17.9 Å². The SMILES string of the molecule is CCOC(=O)C(C)N(Oc1ccccc1)[P+](=O)CC(C)=CCc1c(CC)c(C)c2c(c1OCC[Si](C)(C)C)C(=O)OC2. The molecule has 1 aliphatic heterocycles. The minimum atomic E-state index is -2.14. The molecular formula is C32H45NO7PSi+. The maximum atomic E-state index is 13.6. The summed E-state index contributed by atoms with van der Waals surface area (Å²) in [5, 5.41) is 0. The number of nitrogens with zero attached hydrogens (tertiary/aromatic N) is 1. The van der Waals surface area contributed by atoms with E-state index in [1.807, 2.05) is 38.1 Å². The number of allylic oxidation sites excluding steroid dienone is 2. The quantitative estimate of drug-likeness (QED) is 0.0673. The number of benzene rings is 2. The van der Waals surface area contributed by atoms with Crippen molar-refractivity contribution in [2.24, 2.45) is 0 Å². The van der Waals surface area contributed by atoms with E-state index in [1.54, 1.807) is 26.0 Å². The fourth-order valence-electron chi connectivity index (χ4n) is 4.82. The first-order valence-electron chi connectivity index (χ1n) is 14.6. The minimum absolute atomic E-state index is 0.186. The van der Waals surface area contributed by atoms with Gasteiger partial charge in [0.2, 0.25) is 0 Å². The predicted molar refractivity (Wildman–Crippen MR) is 168 cm³/mol. The summed E-state index contributed by atoms with van der Waals surface area (Å²) < 4.78 is 30.6. The van der Waals surface area contributed by atoms with Gasteiger partial charge < -0.3 is 19.0 Å². The van der Waals surface area contributed by atoms with Crippen LogP contribution >= 0.6 is 7.95 Å². The third-order valence-electron chi connectivity index (χ3n) is 7.24. The number of ether oxygens (including phenoxy) is 3. The van der Waals surface area contributed by atoms with Crippen LogP contribution in [0.3, 0.4) is 0 Å². The molecule has 42 heavy (non-hydrogen) atoms. The molecule has 2 aromatic rings. The summed E-state index contributed by atoms with van der Waals surface area (Å²) in [6.45, 7) is 17.3. The largest absolute Gasteiger partial charge is 0.493 e. The van der Waals surface area contributed by atoms with E-state index in [4.69, 9.17) is 19.0 Å². The zero-order chi connectivity index (χ0) is 31.0. The normalized spacial score (nSPS) is 14.4. The highest BCUT2D eigenvalue weighted by Crippen LogP contribution is 2.40. The Hall–Kier alpha value is -3.00. The topological polar surface area (TPSA) is 91.4 Å². The Kier molecular flexibility index (Phi) is 11.9. The number of para-hydroxylation sites is 1. The lowest BCUT2D eigenvalue weighted by atomic mass is 9.89. The van der Waals surface area contributed by atoms with Gasteiger partial charge in [-0.15, -0.1) is 0 Å². The van der Waals surface area contributed by atoms with Crippen LogP contribution in [0.4, 0.5) is 0 Å². The van der Waals surface area contributed by atoms with Crippen molar-refractivity contribution >= 4 is 28.0 Å². The van der Waals surface area contributed by atoms with E-state index in [0.29, 0.717) is 30.1 Å². The lowest BCUT2D eigenvalue weighted by molar-refractivity contribution is -0.153. The molecule has 0 aromatic heterocycles. The van der Waals surface area contributed by atoms with Crippen molar-refractivity contribution in [2.75, 3.05) is 19.4 Å². The van der Waals surface area contributed by atoms with Crippen molar-refractivity contribution in [3.63, 3.8) is 0 Å². The van der Waals surface area contributed by atoms with Crippen LogP contribution in [0.15, 0.2) is 42.0 Å². The highest BCUT2D eigenvalue weighted by molar-refractivity contribution is 7.42. The van der Waals surface area contributed by atoms with Gasteiger partial charge in [-0.2, -0.15) is 0 Å². The Morgan fingerprint density at radius 2 is 1.86 bits per heavy atom. The Bertz CT molecular complexity index is 1320. The number of carbonyl (C=O) groups is 2. The summed E-state index contributed by atoms with van der Waals surface area (Å²) in [4.78, 5) is 32.5. The Morgan fingerprint density at radius 3 is 2.48 bits per heavy atom. The number of rotatable bonds is 15. The van der Waals surface area contributed by atoms with Crippen molar-refractivity contribution in [1.29, 1.82) is 0 Å². The smallest absolute Gasteiger partial charge is 0.475 e. The first kappa shape index (κ1) is 33.5. The van der Waals surface area contributed by atoms with Gasteiger partial charge in [-0.3, -0.25) is 4.79 Å². The maximum Gasteiger partial charge on any atom is 0.475 e. The standard InChI is InChI=1S/C32H45NO7PSi/c1-9-26-23(4)28-20-39-32(35)29(28)30(38-18-19-42(6,7)8)27(26)17-16-22(3)21-41(36)33(24(5)31(34)37-10-2)40-25-14-12-11-13-15-25/h11-16,24H,9-10,17-21H2,1-8H3/q+1. The number of esters is 2. The van der Waals surface area contributed by atoms with E-state index in [1.165, 1.54) is 4.83 Å². The van der Waals surface area contributed by atoms with Crippen molar-refractivity contribution in [2.45, 2.75) is 85.8 Å². The lowest BCUT2D eigenvalue weighted by Gasteiger charge is -2.22. The second kappa shape index (κ2) is 14.9. The Morgan fingerprint density at radius 1 is 1.17 bits per heavy atom. The molecule has 3 rings (SSSR count). The predicted octanol–water partition coefficient (Wildman–Crippen LogP) is 7.42. The molecule has 8 nitrogen and oxygen atoms in total. The first-order chi connectivity index (χ1) is 19.9. The molecule has 0 bridgehead atoms. The van der Waals surface area contributed by atoms with Gasteiger partial charge in [-0.25, -0.2) is 4.79 Å². The molecular weight excluding hydrogens is 569 g/mol. The monoisotopic (exact) mass is 614 g/mol. The van der Waals surface area contributed by atoms with E-state index in [0.717, 1.165) is 40.3 Å². The van der Waals surface area contributed by atoms with E-state index >= 15 is 0 Å². The molecule has 0 N–H and O–H groups in total. The van der Waals surface area contributed by atoms with E-state index in [9.17, 15) is 14.2 Å². The molecule has 0 amide bonds. The van der Waals surface area contributed by atoms with Crippen LogP contribution in [-0.2, 0) is 38.3 Å². The third-order valence-corrected chi connectivity index (χ3v) is 10.6. The Balaban J connectivity index is 1.90. The molecule has 228 valence electrons. The zero-order valence-electron chi connectivity index (χ0n) is 26.2. The van der Waals surface area contributed by atoms with Gasteiger partial charge in [0.05, 0.1) is 18.0 Å². The van der Waals surface area contributed by atoms with Gasteiger partial charge in [0.25, 0.3) is 0 Å². The molecule has 2 unspecified atom stereocenters. The van der Waals surface area contributed by atoms with Crippen LogP contribution in [0.2, 0.25) is 25.7 Å². The number of hydroxylamine groups is 1. The van der Waals surface area contributed by atoms with Gasteiger partial charge in [0, 0.05) is 19.2 Å². The third kappa shape index (κ3) is 8.52. The highest BCUT2D eigenvalue weighted by Gasteiger charge is 2.40. The van der Waals surface area contributed by atoms with Crippen molar-refractivity contribution < 1.29 is 33.2 Å². The fourth-order valence-corrected chi connectivity index (χ4v) is 6.90. The summed E-state index contributed by atoms with van der Waals surface area (Å²) in [6.07, 6.45) is 3.50. The number of hydrogen-bond acceptors (Lipinski definition) is 7. The van der Waals surface area contributed by atoms with Crippen LogP contribution < -0.4 is 9.57 Å². The molecule has 1 heterocycles. The van der Waals surface area contributed by atoms with Gasteiger partial charge >= 0.3 is 19.9 Å². The van der Waals surface area contributed by atoms with Crippen LogP contribution in [0.25, 0.3) is 0 Å². The maximum absolute atomic E-state index is 13.6. The molecule has 0 saturated carbocycles. The van der Waals surface area contributed by atoms with Gasteiger partial charge in [-0.05, 0) is 80.0 Å². The molecule has 0 spiro atoms. The minimum Gasteiger partial charge on any atom is -0.493 e. The van der Waals surface area contributed by atoms with Crippen LogP contribution in [0, 0.1) is 6.92 Å². The summed E-state index contributed by atoms with van der Waals surface area (Å²) in [6, 6.07) is 9.06. The van der Waals surface area contributed by atoms with E-state index in [-0.39, 0.29) is 25.3 Å². The lowest BCUT2D eigenvalue weighted by Crippen LogP contribution is -2.38. The molecule has 0 aliphatic carbocycles. The molecule has 0 fully saturated rings. The molecule has 1 aliphatic rings. The average molecular weight is 615 g/mol. The van der Waals surface area contributed by atoms with Gasteiger partial charge in [0.15, 0.2) is 18.0 Å². The van der Waals surface area contributed by atoms with E-state index < -0.39 is 28.0 Å². The van der Waals surface area contributed by atoms with Crippen LogP contribution in [0.1, 0.15) is 60.3 Å². The Labute approximate surface area is 252 Å². The molecule has 2 atom stereocenters. The molecule has 0 radical (unpaired) electrons. The van der Waals surface area contributed by atoms with Crippen LogP contribution in [0.5, 0.6) is 11.5 Å². The van der Waals surface area contributed by atoms with Crippen molar-refractivity contribution in [1.82, 2.24) is 4.83 Å². The summed E-state index contributed by atoms with van der Waals surface area (Å²) >= 11 is 0. The summed E-state index contributed by atoms with van der Waals surface area (Å²) in [5.74, 6) is 0.246. The molecule has 0 saturated heterocycles.